The first-order chi connectivity index (χ1) is 6.77. The monoisotopic (exact) mass is 193 g/mol. The van der Waals surface area contributed by atoms with Crippen LogP contribution in [-0.4, -0.2) is 35.1 Å². The summed E-state index contributed by atoms with van der Waals surface area (Å²) < 4.78 is 12.8. The Bertz CT molecular complexity index is 328. The molecule has 0 saturated carbocycles. The van der Waals surface area contributed by atoms with Gasteiger partial charge in [-0.05, 0) is 18.6 Å². The third kappa shape index (κ3) is 1.73. The van der Waals surface area contributed by atoms with Crippen molar-refractivity contribution in [1.29, 1.82) is 0 Å². The van der Waals surface area contributed by atoms with Crippen LogP contribution >= 0.6 is 0 Å². The molecule has 0 unspecified atom stereocenters. The third-order valence-electron chi connectivity index (χ3n) is 2.28. The molecule has 0 bridgehead atoms. The topological polar surface area (TPSA) is 33.2 Å². The molecular formula is C10H10FN2O. The molecule has 1 amide bonds. The summed E-state index contributed by atoms with van der Waals surface area (Å²) in [6.07, 6.45) is 3.61. The van der Waals surface area contributed by atoms with E-state index in [2.05, 4.69) is 11.2 Å². The Balaban J connectivity index is 2.10. The Morgan fingerprint density at radius 1 is 1.71 bits per heavy atom. The fourth-order valence-corrected chi connectivity index (χ4v) is 1.53. The van der Waals surface area contributed by atoms with Gasteiger partial charge in [0, 0.05) is 12.7 Å². The molecule has 1 atom stereocenters. The van der Waals surface area contributed by atoms with E-state index in [1.807, 2.05) is 0 Å². The van der Waals surface area contributed by atoms with E-state index in [-0.39, 0.29) is 12.5 Å². The summed E-state index contributed by atoms with van der Waals surface area (Å²) in [5, 5.41) is 0. The number of rotatable bonds is 1. The van der Waals surface area contributed by atoms with Crippen molar-refractivity contribution in [3.05, 3.63) is 30.1 Å². The first-order valence-electron chi connectivity index (χ1n) is 4.53. The largest absolute Gasteiger partial charge is 0.336 e. The fourth-order valence-electron chi connectivity index (χ4n) is 1.53. The summed E-state index contributed by atoms with van der Waals surface area (Å²) in [5.74, 6) is -0.147. The van der Waals surface area contributed by atoms with Crippen molar-refractivity contribution in [1.82, 2.24) is 9.88 Å². The molecule has 4 heteroatoms. The molecule has 0 aliphatic carbocycles. The Kier molecular flexibility index (Phi) is 2.43. The Hall–Kier alpha value is -1.45. The van der Waals surface area contributed by atoms with Gasteiger partial charge in [-0.15, -0.1) is 0 Å². The van der Waals surface area contributed by atoms with Gasteiger partial charge in [0.2, 0.25) is 0 Å². The summed E-state index contributed by atoms with van der Waals surface area (Å²) in [6.45, 7) is 0.704. The molecule has 0 N–H and O–H groups in total. The Morgan fingerprint density at radius 3 is 3.14 bits per heavy atom. The van der Waals surface area contributed by atoms with Crippen LogP contribution in [0.15, 0.2) is 18.3 Å². The molecule has 1 aromatic rings. The predicted octanol–water partition coefficient (Wildman–Crippen LogP) is 1.07. The van der Waals surface area contributed by atoms with Crippen molar-refractivity contribution in [2.75, 3.05) is 13.1 Å². The van der Waals surface area contributed by atoms with Crippen molar-refractivity contribution in [2.24, 2.45) is 0 Å². The second-order valence-electron chi connectivity index (χ2n) is 3.31. The summed E-state index contributed by atoms with van der Waals surface area (Å²) in [6, 6.07) is 3.22. The van der Waals surface area contributed by atoms with E-state index in [9.17, 15) is 9.18 Å². The molecule has 1 aromatic heterocycles. The molecule has 1 aliphatic heterocycles. The number of nitrogens with zero attached hydrogens (tertiary/aromatic N) is 2. The predicted molar refractivity (Wildman–Crippen MR) is 48.5 cm³/mol. The van der Waals surface area contributed by atoms with Crippen molar-refractivity contribution >= 4 is 5.91 Å². The second-order valence-corrected chi connectivity index (χ2v) is 3.31. The Labute approximate surface area is 81.6 Å². The average molecular weight is 193 g/mol. The normalized spacial score (nSPS) is 21.2. The first kappa shape index (κ1) is 9.12. The van der Waals surface area contributed by atoms with E-state index in [0.29, 0.717) is 18.5 Å². The minimum Gasteiger partial charge on any atom is -0.336 e. The summed E-state index contributed by atoms with van der Waals surface area (Å²) >= 11 is 0. The van der Waals surface area contributed by atoms with Gasteiger partial charge < -0.3 is 4.90 Å². The van der Waals surface area contributed by atoms with Crippen LogP contribution in [0.25, 0.3) is 0 Å². The van der Waals surface area contributed by atoms with Gasteiger partial charge in [0.05, 0.1) is 18.3 Å². The number of pyridine rings is 1. The molecule has 2 rings (SSSR count). The van der Waals surface area contributed by atoms with Crippen LogP contribution in [-0.2, 0) is 0 Å². The number of carbonyl (C=O) groups excluding carboxylic acids is 1. The molecule has 1 aliphatic rings. The van der Waals surface area contributed by atoms with E-state index < -0.39 is 6.17 Å². The second kappa shape index (κ2) is 3.74. The minimum atomic E-state index is -0.873. The smallest absolute Gasteiger partial charge is 0.255 e. The van der Waals surface area contributed by atoms with Gasteiger partial charge in [-0.2, -0.15) is 0 Å². The van der Waals surface area contributed by atoms with Gasteiger partial charge >= 0.3 is 0 Å². The van der Waals surface area contributed by atoms with E-state index in [1.165, 1.54) is 11.1 Å². The van der Waals surface area contributed by atoms with Crippen molar-refractivity contribution in [2.45, 2.75) is 12.6 Å². The quantitative estimate of drug-likeness (QED) is 0.668. The van der Waals surface area contributed by atoms with Crippen LogP contribution in [0, 0.1) is 6.20 Å². The van der Waals surface area contributed by atoms with Gasteiger partial charge in [0.1, 0.15) is 6.17 Å². The number of hydrogen-bond acceptors (Lipinski definition) is 2. The van der Waals surface area contributed by atoms with E-state index in [4.69, 9.17) is 0 Å². The van der Waals surface area contributed by atoms with Gasteiger partial charge in [-0.3, -0.25) is 9.78 Å². The third-order valence-corrected chi connectivity index (χ3v) is 2.28. The maximum Gasteiger partial charge on any atom is 0.255 e. The SMILES string of the molecule is O=C(c1cc[c]nc1)N1CC[C@H](F)C1. The molecule has 1 saturated heterocycles. The molecule has 14 heavy (non-hydrogen) atoms. The van der Waals surface area contributed by atoms with Crippen LogP contribution in [0.5, 0.6) is 0 Å². The maximum atomic E-state index is 12.8. The lowest BCUT2D eigenvalue weighted by Crippen LogP contribution is -2.28. The molecule has 2 heterocycles. The van der Waals surface area contributed by atoms with Crippen LogP contribution in [0.1, 0.15) is 16.8 Å². The van der Waals surface area contributed by atoms with Crippen LogP contribution < -0.4 is 0 Å². The van der Waals surface area contributed by atoms with E-state index >= 15 is 0 Å². The van der Waals surface area contributed by atoms with Gasteiger partial charge in [-0.25, -0.2) is 4.39 Å². The summed E-state index contributed by atoms with van der Waals surface area (Å²) in [7, 11) is 0. The minimum absolute atomic E-state index is 0.147. The van der Waals surface area contributed by atoms with Crippen LogP contribution in [0.4, 0.5) is 4.39 Å². The molecule has 0 aromatic carbocycles. The van der Waals surface area contributed by atoms with Crippen molar-refractivity contribution in [3.63, 3.8) is 0 Å². The molecule has 1 fully saturated rings. The number of alkyl halides is 1. The van der Waals surface area contributed by atoms with E-state index in [0.717, 1.165) is 0 Å². The molecule has 0 spiro atoms. The summed E-state index contributed by atoms with van der Waals surface area (Å²) in [4.78, 5) is 16.9. The number of amides is 1. The highest BCUT2D eigenvalue weighted by Crippen LogP contribution is 2.14. The molecule has 73 valence electrons. The first-order valence-corrected chi connectivity index (χ1v) is 4.53. The van der Waals surface area contributed by atoms with Crippen LogP contribution in [0.3, 0.4) is 0 Å². The standard InChI is InChI=1S/C10H10FN2O/c11-9-3-5-13(7-9)10(14)8-2-1-4-12-6-8/h1-2,6,9H,3,5,7H2/t9-/m0/s1. The average Bonchev–Trinajstić information content (AvgIpc) is 2.65. The van der Waals surface area contributed by atoms with Gasteiger partial charge in [-0.1, -0.05) is 0 Å². The highest BCUT2D eigenvalue weighted by molar-refractivity contribution is 5.94. The van der Waals surface area contributed by atoms with Gasteiger partial charge in [0.25, 0.3) is 5.91 Å². The lowest BCUT2D eigenvalue weighted by molar-refractivity contribution is 0.0782. The van der Waals surface area contributed by atoms with Crippen molar-refractivity contribution in [3.8, 4) is 0 Å². The number of likely N-dealkylation sites (tertiary alicyclic amines) is 1. The molecular weight excluding hydrogens is 183 g/mol. The van der Waals surface area contributed by atoms with Crippen LogP contribution in [0.2, 0.25) is 0 Å². The summed E-state index contributed by atoms with van der Waals surface area (Å²) in [5.41, 5.74) is 0.498. The molecule has 3 nitrogen and oxygen atoms in total. The Morgan fingerprint density at radius 2 is 2.57 bits per heavy atom. The number of carbonyl (C=O) groups is 1. The maximum absolute atomic E-state index is 12.8. The number of halogens is 1. The zero-order valence-electron chi connectivity index (χ0n) is 7.61. The highest BCUT2D eigenvalue weighted by Gasteiger charge is 2.26. The lowest BCUT2D eigenvalue weighted by atomic mass is 10.2. The van der Waals surface area contributed by atoms with Gasteiger partial charge in [0.15, 0.2) is 0 Å². The zero-order valence-corrected chi connectivity index (χ0v) is 7.61. The number of aromatic nitrogens is 1. The molecule has 1 radical (unpaired) electrons. The van der Waals surface area contributed by atoms with E-state index in [1.54, 1.807) is 12.1 Å². The zero-order chi connectivity index (χ0) is 9.97. The lowest BCUT2D eigenvalue weighted by Gasteiger charge is -2.14. The fraction of sp³-hybridized carbons (Fsp3) is 0.400. The highest BCUT2D eigenvalue weighted by atomic mass is 19.1. The van der Waals surface area contributed by atoms with Crippen molar-refractivity contribution < 1.29 is 9.18 Å². The number of hydrogen-bond donors (Lipinski definition) is 0.